The summed E-state index contributed by atoms with van der Waals surface area (Å²) in [6, 6.07) is 8.03. The Kier molecular flexibility index (Phi) is 10.6. The van der Waals surface area contributed by atoms with Crippen LogP contribution in [0.5, 0.6) is 5.75 Å². The zero-order valence-electron chi connectivity index (χ0n) is 20.3. The second kappa shape index (κ2) is 13.6. The van der Waals surface area contributed by atoms with Crippen LogP contribution in [0, 0.1) is 0 Å². The molecule has 0 saturated carbocycles. The quantitative estimate of drug-likeness (QED) is 0.189. The van der Waals surface area contributed by atoms with Crippen molar-refractivity contribution in [2.45, 2.75) is 44.7 Å². The van der Waals surface area contributed by atoms with Crippen molar-refractivity contribution in [3.8, 4) is 16.9 Å². The summed E-state index contributed by atoms with van der Waals surface area (Å²) in [7, 11) is 0. The first-order chi connectivity index (χ1) is 17.5. The number of carboxylic acids is 1. The van der Waals surface area contributed by atoms with Crippen LogP contribution in [0.2, 0.25) is 0 Å². The Labute approximate surface area is 213 Å². The molecule has 0 fully saturated rings. The lowest BCUT2D eigenvalue weighted by molar-refractivity contribution is -0.139. The molecule has 0 radical (unpaired) electrons. The molecule has 0 bridgehead atoms. The molecule has 0 heterocycles. The minimum atomic E-state index is -1.44. The monoisotopic (exact) mass is 513 g/mol. The molecule has 0 aliphatic carbocycles. The van der Waals surface area contributed by atoms with E-state index in [0.29, 0.717) is 42.6 Å². The van der Waals surface area contributed by atoms with Crippen molar-refractivity contribution in [3.05, 3.63) is 48.0 Å². The summed E-state index contributed by atoms with van der Waals surface area (Å²) in [5.41, 5.74) is 12.0. The van der Waals surface area contributed by atoms with E-state index in [1.165, 1.54) is 37.3 Å². The standard InChI is InChI=1S/C25H31N5O7/c1-14(31)28-20(4-2-3-11-26)25(37)29-16-7-10-18(19(12-16)15-5-8-17(32)9-6-15)24(36)30-21(23(27)35)13-22(33)34/h5-10,12,20-21,32H,2-4,11,13,26H2,1H3,(H2,27,35)(H,28,31)(H,29,37)(H,30,36)(H,33,34)/t20-,21-/m0/s1. The van der Waals surface area contributed by atoms with Gasteiger partial charge in [-0.25, -0.2) is 0 Å². The number of hydrogen-bond acceptors (Lipinski definition) is 7. The number of benzene rings is 2. The maximum atomic E-state index is 13.0. The molecule has 0 aliphatic rings. The van der Waals surface area contributed by atoms with Gasteiger partial charge in [-0.05, 0) is 67.3 Å². The molecule has 0 aliphatic heterocycles. The van der Waals surface area contributed by atoms with Gasteiger partial charge < -0.3 is 37.6 Å². The average molecular weight is 514 g/mol. The van der Waals surface area contributed by atoms with Crippen LogP contribution in [0.3, 0.4) is 0 Å². The fourth-order valence-corrected chi connectivity index (χ4v) is 3.57. The Morgan fingerprint density at radius 2 is 1.62 bits per heavy atom. The van der Waals surface area contributed by atoms with Crippen molar-refractivity contribution in [3.63, 3.8) is 0 Å². The first kappa shape index (κ1) is 28.8. The Hall–Kier alpha value is -4.45. The van der Waals surface area contributed by atoms with E-state index in [-0.39, 0.29) is 17.2 Å². The molecule has 198 valence electrons. The van der Waals surface area contributed by atoms with E-state index in [1.54, 1.807) is 12.1 Å². The average Bonchev–Trinajstić information content (AvgIpc) is 2.83. The lowest BCUT2D eigenvalue weighted by Crippen LogP contribution is -2.45. The number of phenols is 1. The minimum Gasteiger partial charge on any atom is -0.508 e. The van der Waals surface area contributed by atoms with E-state index >= 15 is 0 Å². The topological polar surface area (TPSA) is 214 Å². The highest BCUT2D eigenvalue weighted by molar-refractivity contribution is 6.05. The van der Waals surface area contributed by atoms with Crippen LogP contribution in [0.15, 0.2) is 42.5 Å². The van der Waals surface area contributed by atoms with Crippen LogP contribution in [0.4, 0.5) is 5.69 Å². The van der Waals surface area contributed by atoms with E-state index < -0.39 is 42.2 Å². The van der Waals surface area contributed by atoms with Crippen molar-refractivity contribution in [2.75, 3.05) is 11.9 Å². The third-order valence-corrected chi connectivity index (χ3v) is 5.38. The fraction of sp³-hybridized carbons (Fsp3) is 0.320. The molecule has 4 amide bonds. The Morgan fingerprint density at radius 3 is 2.19 bits per heavy atom. The highest BCUT2D eigenvalue weighted by atomic mass is 16.4. The van der Waals surface area contributed by atoms with Crippen molar-refractivity contribution in [2.24, 2.45) is 11.5 Å². The van der Waals surface area contributed by atoms with Crippen LogP contribution in [-0.4, -0.2) is 58.4 Å². The summed E-state index contributed by atoms with van der Waals surface area (Å²) < 4.78 is 0. The minimum absolute atomic E-state index is 0.00918. The summed E-state index contributed by atoms with van der Waals surface area (Å²) in [6.45, 7) is 1.76. The number of carbonyl (C=O) groups excluding carboxylic acids is 4. The first-order valence-electron chi connectivity index (χ1n) is 11.5. The third-order valence-electron chi connectivity index (χ3n) is 5.38. The molecule has 2 atom stereocenters. The van der Waals surface area contributed by atoms with Gasteiger partial charge >= 0.3 is 5.97 Å². The molecule has 0 aromatic heterocycles. The van der Waals surface area contributed by atoms with Crippen LogP contribution >= 0.6 is 0 Å². The van der Waals surface area contributed by atoms with Gasteiger partial charge in [0.05, 0.1) is 6.42 Å². The number of unbranched alkanes of at least 4 members (excludes halogenated alkanes) is 1. The number of aromatic hydroxyl groups is 1. The maximum Gasteiger partial charge on any atom is 0.305 e. The molecular weight excluding hydrogens is 482 g/mol. The number of phenolic OH excluding ortho intramolecular Hbond substituents is 1. The number of hydrogen-bond donors (Lipinski definition) is 7. The second-order valence-electron chi connectivity index (χ2n) is 8.36. The molecule has 12 nitrogen and oxygen atoms in total. The van der Waals surface area contributed by atoms with Gasteiger partial charge in [-0.3, -0.25) is 24.0 Å². The van der Waals surface area contributed by atoms with Crippen LogP contribution in [0.25, 0.3) is 11.1 Å². The number of carbonyl (C=O) groups is 5. The summed E-state index contributed by atoms with van der Waals surface area (Å²) in [5.74, 6) is -3.93. The van der Waals surface area contributed by atoms with Gasteiger partial charge in [-0.2, -0.15) is 0 Å². The zero-order chi connectivity index (χ0) is 27.5. The van der Waals surface area contributed by atoms with E-state index in [4.69, 9.17) is 16.6 Å². The van der Waals surface area contributed by atoms with Gasteiger partial charge in [0, 0.05) is 18.2 Å². The lowest BCUT2D eigenvalue weighted by Gasteiger charge is -2.19. The van der Waals surface area contributed by atoms with Gasteiger partial charge in [0.15, 0.2) is 0 Å². The summed E-state index contributed by atoms with van der Waals surface area (Å²) in [4.78, 5) is 60.2. The SMILES string of the molecule is CC(=O)N[C@@H](CCCCN)C(=O)Nc1ccc(C(=O)N[C@@H](CC(=O)O)C(N)=O)c(-c2ccc(O)cc2)c1. The van der Waals surface area contributed by atoms with Crippen LogP contribution in [0.1, 0.15) is 43.0 Å². The molecular formula is C25H31N5O7. The molecule has 2 rings (SSSR count). The molecule has 0 spiro atoms. The largest absolute Gasteiger partial charge is 0.508 e. The van der Waals surface area contributed by atoms with Gasteiger partial charge in [0.25, 0.3) is 5.91 Å². The maximum absolute atomic E-state index is 13.0. The number of carboxylic acid groups (broad SMARTS) is 1. The predicted octanol–water partition coefficient (Wildman–Crippen LogP) is 0.690. The number of nitrogens with one attached hydrogen (secondary N) is 3. The third kappa shape index (κ3) is 8.93. The van der Waals surface area contributed by atoms with E-state index in [1.807, 2.05) is 0 Å². The van der Waals surface area contributed by atoms with E-state index in [2.05, 4.69) is 16.0 Å². The molecule has 9 N–H and O–H groups in total. The Bertz CT molecular complexity index is 1150. The molecule has 2 aromatic rings. The normalized spacial score (nSPS) is 12.2. The number of nitrogens with two attached hydrogens (primary N) is 2. The van der Waals surface area contributed by atoms with Crippen molar-refractivity contribution in [1.82, 2.24) is 10.6 Å². The number of aliphatic carboxylic acids is 1. The highest BCUT2D eigenvalue weighted by Gasteiger charge is 2.24. The van der Waals surface area contributed by atoms with Gasteiger partial charge in [-0.1, -0.05) is 12.1 Å². The lowest BCUT2D eigenvalue weighted by atomic mass is 9.97. The second-order valence-corrected chi connectivity index (χ2v) is 8.36. The first-order valence-corrected chi connectivity index (χ1v) is 11.5. The molecule has 0 saturated heterocycles. The van der Waals surface area contributed by atoms with Crippen molar-refractivity contribution >= 4 is 35.3 Å². The van der Waals surface area contributed by atoms with Crippen LogP contribution in [-0.2, 0) is 19.2 Å². The van der Waals surface area contributed by atoms with Gasteiger partial charge in [0.1, 0.15) is 17.8 Å². The van der Waals surface area contributed by atoms with Gasteiger partial charge in [-0.15, -0.1) is 0 Å². The number of primary amides is 1. The summed E-state index contributed by atoms with van der Waals surface area (Å²) in [6.07, 6.45) is 1.00. The van der Waals surface area contributed by atoms with E-state index in [0.717, 1.165) is 0 Å². The summed E-state index contributed by atoms with van der Waals surface area (Å²) >= 11 is 0. The molecule has 0 unspecified atom stereocenters. The number of amides is 4. The number of rotatable bonds is 13. The highest BCUT2D eigenvalue weighted by Crippen LogP contribution is 2.29. The molecule has 37 heavy (non-hydrogen) atoms. The van der Waals surface area contributed by atoms with Crippen molar-refractivity contribution < 1.29 is 34.2 Å². The number of anilines is 1. The predicted molar refractivity (Wildman–Crippen MR) is 135 cm³/mol. The Morgan fingerprint density at radius 1 is 0.946 bits per heavy atom. The molecule has 2 aromatic carbocycles. The van der Waals surface area contributed by atoms with E-state index in [9.17, 15) is 29.1 Å². The Balaban J connectivity index is 2.39. The van der Waals surface area contributed by atoms with Crippen molar-refractivity contribution in [1.29, 1.82) is 0 Å². The van der Waals surface area contributed by atoms with Crippen LogP contribution < -0.4 is 27.4 Å². The summed E-state index contributed by atoms with van der Waals surface area (Å²) in [5, 5.41) is 26.3. The zero-order valence-corrected chi connectivity index (χ0v) is 20.3. The molecule has 12 heteroatoms. The fourth-order valence-electron chi connectivity index (χ4n) is 3.57. The smallest absolute Gasteiger partial charge is 0.305 e. The van der Waals surface area contributed by atoms with Gasteiger partial charge in [0.2, 0.25) is 17.7 Å².